The van der Waals surface area contributed by atoms with Crippen LogP contribution in [0.15, 0.2) is 24.3 Å². The van der Waals surface area contributed by atoms with Crippen molar-refractivity contribution in [3.63, 3.8) is 0 Å². The lowest BCUT2D eigenvalue weighted by Gasteiger charge is -2.25. The van der Waals surface area contributed by atoms with Gasteiger partial charge in [-0.05, 0) is 50.6 Å². The van der Waals surface area contributed by atoms with E-state index in [2.05, 4.69) is 25.8 Å². The van der Waals surface area contributed by atoms with E-state index in [0.717, 1.165) is 31.0 Å². The molecule has 0 aliphatic rings. The molecule has 0 radical (unpaired) electrons. The molecule has 2 N–H and O–H groups in total. The zero-order valence-electron chi connectivity index (χ0n) is 11.9. The highest BCUT2D eigenvalue weighted by Crippen LogP contribution is 2.13. The minimum Gasteiger partial charge on any atom is -0.494 e. The first-order chi connectivity index (χ1) is 8.67. The second-order valence-corrected chi connectivity index (χ2v) is 4.72. The lowest BCUT2D eigenvalue weighted by molar-refractivity contribution is 0.205. The molecule has 3 nitrogen and oxygen atoms in total. The van der Waals surface area contributed by atoms with Crippen molar-refractivity contribution >= 4 is 5.69 Å². The molecular formula is C15H26N2O. The lowest BCUT2D eigenvalue weighted by Crippen LogP contribution is -2.32. The van der Waals surface area contributed by atoms with E-state index >= 15 is 0 Å². The van der Waals surface area contributed by atoms with Crippen LogP contribution >= 0.6 is 0 Å². The smallest absolute Gasteiger partial charge is 0.119 e. The first-order valence-corrected chi connectivity index (χ1v) is 6.86. The van der Waals surface area contributed by atoms with Crippen LogP contribution in [0.2, 0.25) is 0 Å². The van der Waals surface area contributed by atoms with Gasteiger partial charge in [-0.3, -0.25) is 0 Å². The van der Waals surface area contributed by atoms with Crippen molar-refractivity contribution in [1.82, 2.24) is 4.90 Å². The Labute approximate surface area is 111 Å². The standard InChI is InChI=1S/C15H26N2O/c1-4-14(5-2)17(3)11-6-12-18-15-9-7-13(16)8-10-15/h7-10,14H,4-6,11-12,16H2,1-3H3. The third-order valence-corrected chi connectivity index (χ3v) is 3.37. The average molecular weight is 250 g/mol. The molecule has 0 spiro atoms. The van der Waals surface area contributed by atoms with Crippen LogP contribution < -0.4 is 10.5 Å². The van der Waals surface area contributed by atoms with Gasteiger partial charge in [0.1, 0.15) is 5.75 Å². The van der Waals surface area contributed by atoms with Gasteiger partial charge in [0, 0.05) is 18.3 Å². The Hall–Kier alpha value is -1.22. The van der Waals surface area contributed by atoms with Crippen LogP contribution in [0.5, 0.6) is 5.75 Å². The number of rotatable bonds is 8. The van der Waals surface area contributed by atoms with Crippen molar-refractivity contribution in [1.29, 1.82) is 0 Å². The largest absolute Gasteiger partial charge is 0.494 e. The molecule has 0 aromatic heterocycles. The summed E-state index contributed by atoms with van der Waals surface area (Å²) in [7, 11) is 2.20. The molecular weight excluding hydrogens is 224 g/mol. The molecule has 1 rings (SSSR count). The number of nitrogens with zero attached hydrogens (tertiary/aromatic N) is 1. The average Bonchev–Trinajstić information content (AvgIpc) is 2.38. The predicted octanol–water partition coefficient (Wildman–Crippen LogP) is 3.16. The number of nitrogens with two attached hydrogens (primary N) is 1. The normalized spacial score (nSPS) is 11.2. The van der Waals surface area contributed by atoms with Crippen molar-refractivity contribution in [3.05, 3.63) is 24.3 Å². The summed E-state index contributed by atoms with van der Waals surface area (Å²) in [5.74, 6) is 0.898. The van der Waals surface area contributed by atoms with Gasteiger partial charge in [0.25, 0.3) is 0 Å². The Balaban J connectivity index is 2.20. The Kier molecular flexibility index (Phi) is 6.58. The van der Waals surface area contributed by atoms with E-state index in [1.54, 1.807) is 0 Å². The maximum atomic E-state index is 5.68. The fraction of sp³-hybridized carbons (Fsp3) is 0.600. The summed E-state index contributed by atoms with van der Waals surface area (Å²) in [4.78, 5) is 2.42. The fourth-order valence-corrected chi connectivity index (χ4v) is 2.16. The zero-order chi connectivity index (χ0) is 13.4. The van der Waals surface area contributed by atoms with E-state index in [1.807, 2.05) is 24.3 Å². The van der Waals surface area contributed by atoms with Crippen LogP contribution in [0.1, 0.15) is 33.1 Å². The molecule has 3 heteroatoms. The Morgan fingerprint density at radius 2 is 1.78 bits per heavy atom. The van der Waals surface area contributed by atoms with Crippen molar-refractivity contribution in [3.8, 4) is 5.75 Å². The third kappa shape index (κ3) is 4.96. The number of benzene rings is 1. The van der Waals surface area contributed by atoms with Gasteiger partial charge in [-0.2, -0.15) is 0 Å². The van der Waals surface area contributed by atoms with E-state index in [4.69, 9.17) is 10.5 Å². The van der Waals surface area contributed by atoms with Crippen LogP contribution in [0.4, 0.5) is 5.69 Å². The molecule has 0 atom stereocenters. The van der Waals surface area contributed by atoms with Crippen LogP contribution in [-0.4, -0.2) is 31.1 Å². The summed E-state index contributed by atoms with van der Waals surface area (Å²) in [6, 6.07) is 8.26. The maximum Gasteiger partial charge on any atom is 0.119 e. The number of nitrogen functional groups attached to an aromatic ring is 1. The number of anilines is 1. The third-order valence-electron chi connectivity index (χ3n) is 3.37. The molecule has 0 unspecified atom stereocenters. The molecule has 102 valence electrons. The molecule has 1 aromatic rings. The van der Waals surface area contributed by atoms with E-state index < -0.39 is 0 Å². The Bertz CT molecular complexity index is 320. The van der Waals surface area contributed by atoms with Gasteiger partial charge in [0.05, 0.1) is 6.61 Å². The van der Waals surface area contributed by atoms with Gasteiger partial charge in [-0.15, -0.1) is 0 Å². The minimum atomic E-state index is 0.696. The second kappa shape index (κ2) is 7.98. The Morgan fingerprint density at radius 1 is 1.17 bits per heavy atom. The quantitative estimate of drug-likeness (QED) is 0.569. The van der Waals surface area contributed by atoms with Crippen molar-refractivity contribution in [2.45, 2.75) is 39.2 Å². The van der Waals surface area contributed by atoms with E-state index in [9.17, 15) is 0 Å². The second-order valence-electron chi connectivity index (χ2n) is 4.72. The highest BCUT2D eigenvalue weighted by molar-refractivity contribution is 5.41. The molecule has 0 aliphatic heterocycles. The number of hydrogen-bond acceptors (Lipinski definition) is 3. The summed E-state index contributed by atoms with van der Waals surface area (Å²) >= 11 is 0. The number of hydrogen-bond donors (Lipinski definition) is 1. The molecule has 1 aromatic carbocycles. The first-order valence-electron chi connectivity index (χ1n) is 6.86. The number of ether oxygens (including phenoxy) is 1. The van der Waals surface area contributed by atoms with Gasteiger partial charge < -0.3 is 15.4 Å². The molecule has 0 saturated heterocycles. The summed E-state index contributed by atoms with van der Waals surface area (Å²) in [5.41, 5.74) is 6.40. The Morgan fingerprint density at radius 3 is 2.33 bits per heavy atom. The van der Waals surface area contributed by atoms with Crippen LogP contribution in [-0.2, 0) is 0 Å². The van der Waals surface area contributed by atoms with Crippen LogP contribution in [0, 0.1) is 0 Å². The van der Waals surface area contributed by atoms with E-state index in [1.165, 1.54) is 12.8 Å². The predicted molar refractivity (Wildman–Crippen MR) is 78.0 cm³/mol. The molecule has 0 fully saturated rings. The van der Waals surface area contributed by atoms with E-state index in [-0.39, 0.29) is 0 Å². The van der Waals surface area contributed by atoms with Crippen molar-refractivity contribution in [2.75, 3.05) is 25.9 Å². The molecule has 0 saturated carbocycles. The van der Waals surface area contributed by atoms with E-state index in [0.29, 0.717) is 6.04 Å². The summed E-state index contributed by atoms with van der Waals surface area (Å²) < 4.78 is 5.68. The fourth-order valence-electron chi connectivity index (χ4n) is 2.16. The molecule has 0 heterocycles. The van der Waals surface area contributed by atoms with Crippen molar-refractivity contribution in [2.24, 2.45) is 0 Å². The highest BCUT2D eigenvalue weighted by atomic mass is 16.5. The van der Waals surface area contributed by atoms with Gasteiger partial charge >= 0.3 is 0 Å². The maximum absolute atomic E-state index is 5.68. The first kappa shape index (κ1) is 14.8. The topological polar surface area (TPSA) is 38.5 Å². The van der Waals surface area contributed by atoms with Gasteiger partial charge in [-0.25, -0.2) is 0 Å². The van der Waals surface area contributed by atoms with Gasteiger partial charge in [-0.1, -0.05) is 13.8 Å². The van der Waals surface area contributed by atoms with Crippen LogP contribution in [0.25, 0.3) is 0 Å². The highest BCUT2D eigenvalue weighted by Gasteiger charge is 2.09. The summed E-state index contributed by atoms with van der Waals surface area (Å²) in [6.45, 7) is 6.33. The van der Waals surface area contributed by atoms with Gasteiger partial charge in [0.2, 0.25) is 0 Å². The van der Waals surface area contributed by atoms with Crippen molar-refractivity contribution < 1.29 is 4.74 Å². The molecule has 0 amide bonds. The minimum absolute atomic E-state index is 0.696. The molecule has 0 bridgehead atoms. The van der Waals surface area contributed by atoms with Crippen LogP contribution in [0.3, 0.4) is 0 Å². The monoisotopic (exact) mass is 250 g/mol. The lowest BCUT2D eigenvalue weighted by atomic mass is 10.1. The SMILES string of the molecule is CCC(CC)N(C)CCCOc1ccc(N)cc1. The zero-order valence-corrected chi connectivity index (χ0v) is 11.9. The van der Waals surface area contributed by atoms with Gasteiger partial charge in [0.15, 0.2) is 0 Å². The summed E-state index contributed by atoms with van der Waals surface area (Å²) in [6.07, 6.45) is 3.48. The molecule has 18 heavy (non-hydrogen) atoms. The molecule has 0 aliphatic carbocycles. The summed E-state index contributed by atoms with van der Waals surface area (Å²) in [5, 5.41) is 0.